The van der Waals surface area contributed by atoms with Crippen molar-refractivity contribution in [1.29, 1.82) is 0 Å². The van der Waals surface area contributed by atoms with Crippen LogP contribution in [0.4, 0.5) is 0 Å². The van der Waals surface area contributed by atoms with Gasteiger partial charge in [-0.25, -0.2) is 0 Å². The van der Waals surface area contributed by atoms with Crippen molar-refractivity contribution in [2.75, 3.05) is 0 Å². The Bertz CT molecular complexity index is 518. The van der Waals surface area contributed by atoms with Crippen LogP contribution in [-0.4, -0.2) is 0 Å². The Morgan fingerprint density at radius 3 is 2.21 bits per heavy atom. The molecule has 0 spiro atoms. The minimum absolute atomic E-state index is 0.537. The molecule has 0 aromatic carbocycles. The fourth-order valence-corrected chi connectivity index (χ4v) is 6.63. The maximum absolute atomic E-state index is 4.04. The summed E-state index contributed by atoms with van der Waals surface area (Å²) in [5.74, 6) is 14.5. The van der Waals surface area contributed by atoms with Crippen LogP contribution in [-0.2, 0) is 0 Å². The Balaban J connectivity index is 2.12. The van der Waals surface area contributed by atoms with Crippen LogP contribution in [0.5, 0.6) is 0 Å². The van der Waals surface area contributed by atoms with Gasteiger partial charge in [-0.05, 0) is 80.0 Å². The first-order chi connectivity index (χ1) is 13.4. The molecule has 2 rings (SSSR count). The molecular formula is C28H48. The molecule has 0 heteroatoms. The lowest BCUT2D eigenvalue weighted by molar-refractivity contribution is 0.201. The van der Waals surface area contributed by atoms with Crippen molar-refractivity contribution in [2.45, 2.75) is 99.3 Å². The molecule has 0 amide bonds. The van der Waals surface area contributed by atoms with Gasteiger partial charge in [0.15, 0.2) is 0 Å². The molecule has 28 heavy (non-hydrogen) atoms. The van der Waals surface area contributed by atoms with Gasteiger partial charge in [0.2, 0.25) is 0 Å². The molecule has 0 radical (unpaired) electrons. The topological polar surface area (TPSA) is 0 Å². The minimum atomic E-state index is 0.537. The first-order valence-corrected chi connectivity index (χ1v) is 12.5. The monoisotopic (exact) mass is 384 g/mol. The summed E-state index contributed by atoms with van der Waals surface area (Å²) in [5, 5.41) is 0. The largest absolute Gasteiger partial charge is 0.103 e. The third-order valence-electron chi connectivity index (χ3n) is 8.23. The van der Waals surface area contributed by atoms with Crippen molar-refractivity contribution in [1.82, 2.24) is 0 Å². The Labute approximate surface area is 177 Å². The molecule has 160 valence electrons. The summed E-state index contributed by atoms with van der Waals surface area (Å²) in [7, 11) is 0. The van der Waals surface area contributed by atoms with Crippen LogP contribution >= 0.6 is 0 Å². The van der Waals surface area contributed by atoms with Crippen LogP contribution in [0.25, 0.3) is 0 Å². The van der Waals surface area contributed by atoms with Crippen LogP contribution in [0.15, 0.2) is 12.7 Å². The normalized spacial score (nSPS) is 39.4. The van der Waals surface area contributed by atoms with Crippen LogP contribution in [0, 0.1) is 65.1 Å². The molecular weight excluding hydrogens is 336 g/mol. The van der Waals surface area contributed by atoms with Crippen molar-refractivity contribution < 1.29 is 0 Å². The average Bonchev–Trinajstić information content (AvgIpc) is 2.96. The maximum atomic E-state index is 4.04. The Kier molecular flexibility index (Phi) is 9.66. The summed E-state index contributed by atoms with van der Waals surface area (Å²) in [6.45, 7) is 18.5. The summed E-state index contributed by atoms with van der Waals surface area (Å²) in [4.78, 5) is 0. The van der Waals surface area contributed by atoms with E-state index < -0.39 is 0 Å². The Morgan fingerprint density at radius 1 is 0.964 bits per heavy atom. The average molecular weight is 385 g/mol. The van der Waals surface area contributed by atoms with E-state index in [1.807, 2.05) is 0 Å². The van der Waals surface area contributed by atoms with E-state index in [0.717, 1.165) is 36.0 Å². The predicted molar refractivity (Wildman–Crippen MR) is 125 cm³/mol. The van der Waals surface area contributed by atoms with Gasteiger partial charge >= 0.3 is 0 Å². The third kappa shape index (κ3) is 6.40. The van der Waals surface area contributed by atoms with Crippen molar-refractivity contribution in [3.05, 3.63) is 12.7 Å². The predicted octanol–water partition coefficient (Wildman–Crippen LogP) is 8.38. The quantitative estimate of drug-likeness (QED) is 0.305. The molecule has 0 aromatic heterocycles. The van der Waals surface area contributed by atoms with E-state index in [4.69, 9.17) is 0 Å². The Hall–Kier alpha value is -0.700. The molecule has 0 N–H and O–H groups in total. The maximum Gasteiger partial charge on any atom is 0.0257 e. The van der Waals surface area contributed by atoms with Gasteiger partial charge in [-0.2, -0.15) is 0 Å². The fraction of sp³-hybridized carbons (Fsp3) is 0.857. The van der Waals surface area contributed by atoms with Crippen LogP contribution in [0.2, 0.25) is 0 Å². The second kappa shape index (κ2) is 11.5. The molecule has 0 aromatic rings. The zero-order chi connectivity index (χ0) is 20.7. The van der Waals surface area contributed by atoms with Crippen molar-refractivity contribution >= 4 is 0 Å². The van der Waals surface area contributed by atoms with Crippen LogP contribution < -0.4 is 0 Å². The lowest BCUT2D eigenvalue weighted by Gasteiger charge is -2.33. The summed E-state index contributed by atoms with van der Waals surface area (Å²) < 4.78 is 0. The van der Waals surface area contributed by atoms with Crippen LogP contribution in [0.3, 0.4) is 0 Å². The molecule has 1 saturated carbocycles. The molecule has 8 unspecified atom stereocenters. The van der Waals surface area contributed by atoms with Crippen molar-refractivity contribution in [3.8, 4) is 11.8 Å². The Morgan fingerprint density at radius 2 is 1.64 bits per heavy atom. The van der Waals surface area contributed by atoms with Crippen molar-refractivity contribution in [2.24, 2.45) is 53.3 Å². The van der Waals surface area contributed by atoms with E-state index in [0.29, 0.717) is 23.7 Å². The van der Waals surface area contributed by atoms with E-state index in [2.05, 4.69) is 66.0 Å². The van der Waals surface area contributed by atoms with E-state index in [1.54, 1.807) is 0 Å². The number of rotatable bonds is 7. The van der Waals surface area contributed by atoms with Gasteiger partial charge in [-0.15, -0.1) is 6.58 Å². The zero-order valence-electron chi connectivity index (χ0n) is 19.8. The first kappa shape index (κ1) is 23.6. The lowest BCUT2D eigenvalue weighted by Crippen LogP contribution is -2.25. The summed E-state index contributed by atoms with van der Waals surface area (Å²) in [5.41, 5.74) is 0. The van der Waals surface area contributed by atoms with Crippen LogP contribution in [0.1, 0.15) is 99.3 Å². The summed E-state index contributed by atoms with van der Waals surface area (Å²) in [6.07, 6.45) is 14.5. The van der Waals surface area contributed by atoms with Gasteiger partial charge in [0.1, 0.15) is 0 Å². The summed E-state index contributed by atoms with van der Waals surface area (Å²) >= 11 is 0. The third-order valence-corrected chi connectivity index (χ3v) is 8.23. The standard InChI is InChI=1S/C28H48/c1-8-11-24-12-10-13-25(15-16-26-19-21(5)18-23(26)7)27(9-2)22(6)14-17-28(24)20(3)4/h8,20-28H,1,9-13,15-16,18-19H2,2-7H3. The number of hydrogen-bond donors (Lipinski definition) is 0. The van der Waals surface area contributed by atoms with E-state index in [1.165, 1.54) is 51.4 Å². The first-order valence-electron chi connectivity index (χ1n) is 12.5. The van der Waals surface area contributed by atoms with E-state index in [9.17, 15) is 0 Å². The lowest BCUT2D eigenvalue weighted by atomic mass is 9.71. The molecule has 0 heterocycles. The highest BCUT2D eigenvalue weighted by Crippen LogP contribution is 2.42. The second-order valence-electron chi connectivity index (χ2n) is 10.8. The van der Waals surface area contributed by atoms with Gasteiger partial charge in [-0.1, -0.05) is 78.7 Å². The van der Waals surface area contributed by atoms with Gasteiger partial charge in [-0.3, -0.25) is 0 Å². The summed E-state index contributed by atoms with van der Waals surface area (Å²) in [6, 6.07) is 0. The molecule has 0 bridgehead atoms. The van der Waals surface area contributed by atoms with Gasteiger partial charge in [0.25, 0.3) is 0 Å². The molecule has 2 aliphatic carbocycles. The van der Waals surface area contributed by atoms with Gasteiger partial charge < -0.3 is 0 Å². The molecule has 0 aliphatic heterocycles. The van der Waals surface area contributed by atoms with E-state index >= 15 is 0 Å². The smallest absolute Gasteiger partial charge is 0.0257 e. The molecule has 0 nitrogen and oxygen atoms in total. The second-order valence-corrected chi connectivity index (χ2v) is 10.8. The molecule has 1 fully saturated rings. The highest BCUT2D eigenvalue weighted by molar-refractivity contribution is 5.11. The van der Waals surface area contributed by atoms with Gasteiger partial charge in [0, 0.05) is 11.8 Å². The van der Waals surface area contributed by atoms with E-state index in [-0.39, 0.29) is 0 Å². The zero-order valence-corrected chi connectivity index (χ0v) is 19.8. The van der Waals surface area contributed by atoms with Crippen molar-refractivity contribution in [3.63, 3.8) is 0 Å². The highest BCUT2D eigenvalue weighted by Gasteiger charge is 2.32. The fourth-order valence-electron chi connectivity index (χ4n) is 6.63. The SMILES string of the molecule is C=CCC1CCCC(CCC2CC(C)CC2C)C(CC)C(C)C#CC1C(C)C. The van der Waals surface area contributed by atoms with Gasteiger partial charge in [0.05, 0.1) is 0 Å². The molecule has 8 atom stereocenters. The minimum Gasteiger partial charge on any atom is -0.103 e. The number of hydrogen-bond acceptors (Lipinski definition) is 0. The number of allylic oxidation sites excluding steroid dienone is 1. The highest BCUT2D eigenvalue weighted by atomic mass is 14.4. The molecule has 0 saturated heterocycles. The molecule has 2 aliphatic rings.